The fourth-order valence-electron chi connectivity index (χ4n) is 7.56. The number of aliphatic hydroxyl groups is 1. The van der Waals surface area contributed by atoms with Crippen LogP contribution in [0.4, 0.5) is 0 Å². The second-order valence-corrected chi connectivity index (χ2v) is 11.2. The smallest absolute Gasteiger partial charge is 0.131 e. The molecule has 4 aromatic carbocycles. The van der Waals surface area contributed by atoms with E-state index in [1.807, 2.05) is 30.5 Å². The Hall–Kier alpha value is -3.53. The number of nitrogens with zero attached hydrogens (tertiary/aromatic N) is 2. The Labute approximate surface area is 218 Å². The Morgan fingerprint density at radius 3 is 2.32 bits per heavy atom. The van der Waals surface area contributed by atoms with Crippen molar-refractivity contribution in [3.05, 3.63) is 115 Å². The first-order chi connectivity index (χ1) is 18.2. The number of para-hydroxylation sites is 1. The van der Waals surface area contributed by atoms with Crippen LogP contribution in [0.2, 0.25) is 0 Å². The fraction of sp³-hybridized carbons (Fsp3) is 0.265. The van der Waals surface area contributed by atoms with Gasteiger partial charge in [0.1, 0.15) is 18.7 Å². The van der Waals surface area contributed by atoms with Gasteiger partial charge < -0.3 is 9.59 Å². The minimum atomic E-state index is -0.539. The van der Waals surface area contributed by atoms with Gasteiger partial charge in [0, 0.05) is 35.9 Å². The van der Waals surface area contributed by atoms with Crippen LogP contribution in [0.5, 0.6) is 0 Å². The van der Waals surface area contributed by atoms with Gasteiger partial charge in [-0.1, -0.05) is 72.8 Å². The Balaban J connectivity index is 1.39. The van der Waals surface area contributed by atoms with Gasteiger partial charge in [-0.25, -0.2) is 0 Å². The van der Waals surface area contributed by atoms with Gasteiger partial charge in [-0.2, -0.15) is 0 Å². The average Bonchev–Trinajstić information content (AvgIpc) is 2.96. The first-order valence-electron chi connectivity index (χ1n) is 13.6. The Morgan fingerprint density at radius 2 is 1.59 bits per heavy atom. The summed E-state index contributed by atoms with van der Waals surface area (Å²) < 4.78 is 0.906. The molecule has 8 rings (SSSR count). The number of benzene rings is 4. The molecule has 0 saturated carbocycles. The quantitative estimate of drug-likeness (QED) is 0.162. The number of quaternary nitrogens is 1. The number of piperidine rings is 3. The lowest BCUT2D eigenvalue weighted by molar-refractivity contribution is -0.984. The predicted molar refractivity (Wildman–Crippen MR) is 152 cm³/mol. The third kappa shape index (κ3) is 3.60. The zero-order valence-electron chi connectivity index (χ0n) is 21.1. The maximum absolute atomic E-state index is 12.1. The van der Waals surface area contributed by atoms with E-state index in [1.165, 1.54) is 33.5 Å². The molecular weight excluding hydrogens is 452 g/mol. The van der Waals surface area contributed by atoms with Crippen molar-refractivity contribution in [3.63, 3.8) is 0 Å². The van der Waals surface area contributed by atoms with Crippen molar-refractivity contribution in [1.29, 1.82) is 0 Å². The van der Waals surface area contributed by atoms with Crippen molar-refractivity contribution in [2.45, 2.75) is 31.5 Å². The molecule has 5 atom stereocenters. The summed E-state index contributed by atoms with van der Waals surface area (Å²) >= 11 is 0. The van der Waals surface area contributed by atoms with E-state index in [1.54, 1.807) is 0 Å². The van der Waals surface area contributed by atoms with E-state index in [0.717, 1.165) is 47.0 Å². The van der Waals surface area contributed by atoms with Crippen molar-refractivity contribution >= 4 is 32.4 Å². The summed E-state index contributed by atoms with van der Waals surface area (Å²) in [6.45, 7) is 7.28. The van der Waals surface area contributed by atoms with E-state index in [4.69, 9.17) is 0 Å². The summed E-state index contributed by atoms with van der Waals surface area (Å²) in [6, 6.07) is 30.3. The highest BCUT2D eigenvalue weighted by Gasteiger charge is 2.54. The monoisotopic (exact) mass is 485 g/mol. The van der Waals surface area contributed by atoms with Gasteiger partial charge in [0.25, 0.3) is 0 Å². The van der Waals surface area contributed by atoms with Crippen molar-refractivity contribution in [3.8, 4) is 0 Å². The lowest BCUT2D eigenvalue weighted by Gasteiger charge is -2.58. The number of aromatic nitrogens is 1. The van der Waals surface area contributed by atoms with Crippen molar-refractivity contribution in [1.82, 2.24) is 4.98 Å². The van der Waals surface area contributed by atoms with E-state index in [2.05, 4.69) is 78.3 Å². The molecule has 184 valence electrons. The molecule has 3 fully saturated rings. The van der Waals surface area contributed by atoms with Gasteiger partial charge in [-0.15, -0.1) is 6.58 Å². The van der Waals surface area contributed by atoms with Crippen molar-refractivity contribution in [2.24, 2.45) is 11.8 Å². The fourth-order valence-corrected chi connectivity index (χ4v) is 7.56. The molecule has 1 unspecified atom stereocenters. The molecule has 0 aliphatic carbocycles. The minimum absolute atomic E-state index is 0.137. The number of fused-ring (bicyclic) bond motifs is 6. The first-order valence-corrected chi connectivity index (χ1v) is 13.6. The van der Waals surface area contributed by atoms with Crippen LogP contribution in [0.1, 0.15) is 30.1 Å². The first kappa shape index (κ1) is 22.7. The Kier molecular flexibility index (Phi) is 5.38. The molecule has 3 aliphatic rings. The normalized spacial score (nSPS) is 26.0. The number of pyridine rings is 1. The Bertz CT molecular complexity index is 1580. The van der Waals surface area contributed by atoms with E-state index in [0.29, 0.717) is 11.8 Å². The maximum atomic E-state index is 12.1. The molecule has 3 nitrogen and oxygen atoms in total. The lowest BCUT2D eigenvalue weighted by Crippen LogP contribution is -2.67. The number of hydrogen-bond donors (Lipinski definition) is 1. The van der Waals surface area contributed by atoms with Gasteiger partial charge in [0.15, 0.2) is 0 Å². The third-order valence-corrected chi connectivity index (χ3v) is 9.40. The van der Waals surface area contributed by atoms with Crippen molar-refractivity contribution < 1.29 is 9.59 Å². The van der Waals surface area contributed by atoms with Crippen LogP contribution in [0.25, 0.3) is 32.4 Å². The number of aliphatic hydroxyl groups excluding tert-OH is 1. The van der Waals surface area contributed by atoms with Gasteiger partial charge in [0.2, 0.25) is 0 Å². The van der Waals surface area contributed by atoms with Crippen LogP contribution in [-0.2, 0) is 6.54 Å². The maximum Gasteiger partial charge on any atom is 0.131 e. The summed E-state index contributed by atoms with van der Waals surface area (Å²) in [5, 5.41) is 18.4. The second kappa shape index (κ2) is 8.79. The van der Waals surface area contributed by atoms with Crippen LogP contribution in [0, 0.1) is 11.8 Å². The molecule has 3 heteroatoms. The number of hydrogen-bond acceptors (Lipinski definition) is 2. The summed E-state index contributed by atoms with van der Waals surface area (Å²) in [4.78, 5) is 4.57. The summed E-state index contributed by atoms with van der Waals surface area (Å²) in [5.41, 5.74) is 3.37. The highest BCUT2D eigenvalue weighted by molar-refractivity contribution is 6.02. The van der Waals surface area contributed by atoms with Crippen LogP contribution in [0.3, 0.4) is 0 Å². The average molecular weight is 486 g/mol. The molecule has 2 bridgehead atoms. The van der Waals surface area contributed by atoms with Crippen LogP contribution in [0.15, 0.2) is 104 Å². The molecule has 3 saturated heterocycles. The molecule has 37 heavy (non-hydrogen) atoms. The summed E-state index contributed by atoms with van der Waals surface area (Å²) in [7, 11) is 0. The molecule has 4 heterocycles. The molecule has 5 aromatic rings. The van der Waals surface area contributed by atoms with E-state index in [9.17, 15) is 5.11 Å². The largest absolute Gasteiger partial charge is 0.382 e. The Morgan fingerprint density at radius 1 is 0.919 bits per heavy atom. The topological polar surface area (TPSA) is 33.1 Å². The van der Waals surface area contributed by atoms with Crippen LogP contribution < -0.4 is 0 Å². The van der Waals surface area contributed by atoms with E-state index in [-0.39, 0.29) is 6.04 Å². The third-order valence-electron chi connectivity index (χ3n) is 9.40. The molecule has 0 radical (unpaired) electrons. The zero-order valence-corrected chi connectivity index (χ0v) is 21.1. The number of rotatable bonds is 5. The van der Waals surface area contributed by atoms with Gasteiger partial charge in [-0.05, 0) is 51.2 Å². The van der Waals surface area contributed by atoms with Gasteiger partial charge in [0.05, 0.1) is 18.6 Å². The van der Waals surface area contributed by atoms with Crippen LogP contribution in [-0.4, -0.2) is 33.7 Å². The summed E-state index contributed by atoms with van der Waals surface area (Å²) in [5.74, 6) is 1.09. The van der Waals surface area contributed by atoms with E-state index < -0.39 is 6.10 Å². The standard InChI is InChI=1S/C34H33N2O/c1-2-23-21-36(22-31-27-11-5-3-9-25(27)19-26-10-4-6-12-28(26)31)18-16-24(23)20-33(36)34(37)30-15-17-35-32-14-8-7-13-29(30)32/h2-15,17,19,23-24,33-34,37H,1,16,18,20-22H2/q+1/t23-,24+,33+,34?,36+/m1/s1. The predicted octanol–water partition coefficient (Wildman–Crippen LogP) is 7.19. The molecule has 1 N–H and O–H groups in total. The summed E-state index contributed by atoms with van der Waals surface area (Å²) in [6.07, 6.45) is 5.72. The molecular formula is C34H33N2O+. The highest BCUT2D eigenvalue weighted by atomic mass is 16.3. The zero-order chi connectivity index (χ0) is 25.0. The molecule has 1 aromatic heterocycles. The van der Waals surface area contributed by atoms with Gasteiger partial charge >= 0.3 is 0 Å². The van der Waals surface area contributed by atoms with Crippen LogP contribution >= 0.6 is 0 Å². The highest BCUT2D eigenvalue weighted by Crippen LogP contribution is 2.49. The minimum Gasteiger partial charge on any atom is -0.382 e. The van der Waals surface area contributed by atoms with Gasteiger partial charge in [-0.3, -0.25) is 4.98 Å². The SMILES string of the molecule is C=C[C@@H]1C[N@+]2(Cc3c4ccccc4cc4ccccc34)CC[C@H]1C[C@H]2C(O)c1ccnc2ccccc12. The second-order valence-electron chi connectivity index (χ2n) is 11.2. The van der Waals surface area contributed by atoms with Crippen molar-refractivity contribution in [2.75, 3.05) is 13.1 Å². The lowest BCUT2D eigenvalue weighted by atomic mass is 9.71. The molecule has 0 amide bonds. The molecule has 3 aliphatic heterocycles. The van der Waals surface area contributed by atoms with E-state index >= 15 is 0 Å². The molecule has 0 spiro atoms.